The van der Waals surface area contributed by atoms with E-state index in [-0.39, 0.29) is 5.91 Å². The lowest BCUT2D eigenvalue weighted by molar-refractivity contribution is -0.131. The van der Waals surface area contributed by atoms with Crippen LogP contribution < -0.4 is 4.90 Å². The first-order chi connectivity index (χ1) is 10.6. The van der Waals surface area contributed by atoms with Gasteiger partial charge < -0.3 is 9.80 Å². The molecule has 1 aromatic carbocycles. The molecule has 0 bridgehead atoms. The van der Waals surface area contributed by atoms with E-state index < -0.39 is 0 Å². The zero-order chi connectivity index (χ0) is 15.5. The predicted octanol–water partition coefficient (Wildman–Crippen LogP) is 1.94. The topological polar surface area (TPSA) is 49.3 Å². The molecule has 1 aliphatic heterocycles. The molecule has 114 valence electrons. The van der Waals surface area contributed by atoms with Crippen molar-refractivity contribution in [3.05, 3.63) is 53.3 Å². The first-order valence-electron chi connectivity index (χ1n) is 7.51. The zero-order valence-electron chi connectivity index (χ0n) is 13.0. The second-order valence-electron chi connectivity index (χ2n) is 5.67. The number of carbonyl (C=O) groups is 1. The van der Waals surface area contributed by atoms with Crippen LogP contribution in [0, 0.1) is 13.8 Å². The van der Waals surface area contributed by atoms with Gasteiger partial charge in [0.25, 0.3) is 0 Å². The van der Waals surface area contributed by atoms with Gasteiger partial charge in [0.2, 0.25) is 11.9 Å². The fourth-order valence-electron chi connectivity index (χ4n) is 2.70. The molecule has 1 aromatic heterocycles. The summed E-state index contributed by atoms with van der Waals surface area (Å²) in [5, 5.41) is 0. The molecular weight excluding hydrogens is 276 g/mol. The van der Waals surface area contributed by atoms with Crippen LogP contribution in [-0.4, -0.2) is 40.4 Å². The third-order valence-electron chi connectivity index (χ3n) is 3.79. The molecule has 0 atom stereocenters. The van der Waals surface area contributed by atoms with Gasteiger partial charge in [-0.25, -0.2) is 9.97 Å². The lowest BCUT2D eigenvalue weighted by atomic mass is 10.2. The predicted molar refractivity (Wildman–Crippen MR) is 85.6 cm³/mol. The van der Waals surface area contributed by atoms with Crippen molar-refractivity contribution in [2.45, 2.75) is 20.4 Å². The summed E-state index contributed by atoms with van der Waals surface area (Å²) in [6, 6.07) is 12.0. The molecule has 5 nitrogen and oxygen atoms in total. The van der Waals surface area contributed by atoms with E-state index in [1.165, 1.54) is 0 Å². The van der Waals surface area contributed by atoms with Crippen LogP contribution in [0.2, 0.25) is 0 Å². The Labute approximate surface area is 130 Å². The Kier molecular flexibility index (Phi) is 4.04. The van der Waals surface area contributed by atoms with Crippen molar-refractivity contribution in [2.24, 2.45) is 0 Å². The van der Waals surface area contributed by atoms with Crippen LogP contribution in [0.15, 0.2) is 36.4 Å². The Morgan fingerprint density at radius 3 is 2.36 bits per heavy atom. The molecule has 0 N–H and O–H groups in total. The highest BCUT2D eigenvalue weighted by Gasteiger charge is 2.25. The quantitative estimate of drug-likeness (QED) is 0.868. The fourth-order valence-corrected chi connectivity index (χ4v) is 2.70. The molecule has 1 saturated heterocycles. The molecule has 0 radical (unpaired) electrons. The highest BCUT2D eigenvalue weighted by molar-refractivity contribution is 5.82. The minimum absolute atomic E-state index is 0.123. The SMILES string of the molecule is Cc1cc(C)nc(N2CCN(Cc3ccccc3)C(=O)C2)n1. The second-order valence-corrected chi connectivity index (χ2v) is 5.67. The number of hydrogen-bond acceptors (Lipinski definition) is 4. The van der Waals surface area contributed by atoms with E-state index in [1.54, 1.807) is 0 Å². The summed E-state index contributed by atoms with van der Waals surface area (Å²) >= 11 is 0. The summed E-state index contributed by atoms with van der Waals surface area (Å²) in [6.45, 7) is 6.37. The number of carbonyl (C=O) groups excluding carboxylic acids is 1. The maximum atomic E-state index is 12.4. The maximum Gasteiger partial charge on any atom is 0.242 e. The van der Waals surface area contributed by atoms with Gasteiger partial charge in [-0.2, -0.15) is 0 Å². The standard InChI is InChI=1S/C17H20N4O/c1-13-10-14(2)19-17(18-13)21-9-8-20(16(22)12-21)11-15-6-4-3-5-7-15/h3-7,10H,8-9,11-12H2,1-2H3. The molecular formula is C17H20N4O. The van der Waals surface area contributed by atoms with Gasteiger partial charge >= 0.3 is 0 Å². The van der Waals surface area contributed by atoms with Gasteiger partial charge in [-0.15, -0.1) is 0 Å². The van der Waals surface area contributed by atoms with Crippen LogP contribution in [0.4, 0.5) is 5.95 Å². The molecule has 0 saturated carbocycles. The van der Waals surface area contributed by atoms with Gasteiger partial charge in [-0.05, 0) is 25.5 Å². The Hall–Kier alpha value is -2.43. The van der Waals surface area contributed by atoms with Crippen molar-refractivity contribution < 1.29 is 4.79 Å². The molecule has 1 fully saturated rings. The zero-order valence-corrected chi connectivity index (χ0v) is 13.0. The van der Waals surface area contributed by atoms with Gasteiger partial charge in [0.15, 0.2) is 0 Å². The van der Waals surface area contributed by atoms with Crippen molar-refractivity contribution in [3.63, 3.8) is 0 Å². The number of amides is 1. The van der Waals surface area contributed by atoms with Crippen molar-refractivity contribution in [3.8, 4) is 0 Å². The Bertz CT molecular complexity index is 651. The van der Waals surface area contributed by atoms with Crippen LogP contribution >= 0.6 is 0 Å². The number of rotatable bonds is 3. The van der Waals surface area contributed by atoms with E-state index in [1.807, 2.05) is 60.0 Å². The molecule has 3 rings (SSSR count). The number of aromatic nitrogens is 2. The Morgan fingerprint density at radius 1 is 1.05 bits per heavy atom. The van der Waals surface area contributed by atoms with Crippen LogP contribution in [0.3, 0.4) is 0 Å². The fraction of sp³-hybridized carbons (Fsp3) is 0.353. The van der Waals surface area contributed by atoms with Gasteiger partial charge in [0.1, 0.15) is 6.54 Å². The molecule has 5 heteroatoms. The molecule has 2 aromatic rings. The molecule has 2 heterocycles. The van der Waals surface area contributed by atoms with Crippen LogP contribution in [-0.2, 0) is 11.3 Å². The van der Waals surface area contributed by atoms with E-state index in [0.29, 0.717) is 25.6 Å². The summed E-state index contributed by atoms with van der Waals surface area (Å²) in [4.78, 5) is 25.1. The number of piperazine rings is 1. The molecule has 0 unspecified atom stereocenters. The lowest BCUT2D eigenvalue weighted by Crippen LogP contribution is -2.50. The third kappa shape index (κ3) is 3.24. The van der Waals surface area contributed by atoms with E-state index in [4.69, 9.17) is 0 Å². The number of anilines is 1. The summed E-state index contributed by atoms with van der Waals surface area (Å²) in [7, 11) is 0. The molecule has 0 aliphatic carbocycles. The average molecular weight is 296 g/mol. The summed E-state index contributed by atoms with van der Waals surface area (Å²) in [5.74, 6) is 0.781. The van der Waals surface area contributed by atoms with E-state index >= 15 is 0 Å². The molecule has 22 heavy (non-hydrogen) atoms. The second kappa shape index (κ2) is 6.13. The largest absolute Gasteiger partial charge is 0.335 e. The number of aryl methyl sites for hydroxylation is 2. The average Bonchev–Trinajstić information content (AvgIpc) is 2.49. The first-order valence-corrected chi connectivity index (χ1v) is 7.51. The van der Waals surface area contributed by atoms with Gasteiger partial charge in [-0.3, -0.25) is 4.79 Å². The number of nitrogens with zero attached hydrogens (tertiary/aromatic N) is 4. The summed E-state index contributed by atoms with van der Waals surface area (Å²) < 4.78 is 0. The third-order valence-corrected chi connectivity index (χ3v) is 3.79. The monoisotopic (exact) mass is 296 g/mol. The van der Waals surface area contributed by atoms with E-state index in [0.717, 1.165) is 23.5 Å². The first kappa shape index (κ1) is 14.5. The van der Waals surface area contributed by atoms with Crippen LogP contribution in [0.25, 0.3) is 0 Å². The normalized spacial score (nSPS) is 15.3. The van der Waals surface area contributed by atoms with Crippen molar-refractivity contribution >= 4 is 11.9 Å². The van der Waals surface area contributed by atoms with Crippen LogP contribution in [0.5, 0.6) is 0 Å². The molecule has 0 spiro atoms. The highest BCUT2D eigenvalue weighted by atomic mass is 16.2. The van der Waals surface area contributed by atoms with Crippen molar-refractivity contribution in [1.29, 1.82) is 0 Å². The van der Waals surface area contributed by atoms with E-state index in [9.17, 15) is 4.79 Å². The minimum atomic E-state index is 0.123. The Morgan fingerprint density at radius 2 is 1.73 bits per heavy atom. The summed E-state index contributed by atoms with van der Waals surface area (Å²) in [5.41, 5.74) is 3.02. The maximum absolute atomic E-state index is 12.4. The van der Waals surface area contributed by atoms with Gasteiger partial charge in [0.05, 0.1) is 0 Å². The molecule has 1 amide bonds. The van der Waals surface area contributed by atoms with Crippen molar-refractivity contribution in [2.75, 3.05) is 24.5 Å². The van der Waals surface area contributed by atoms with E-state index in [2.05, 4.69) is 9.97 Å². The Balaban J connectivity index is 1.68. The van der Waals surface area contributed by atoms with Crippen LogP contribution in [0.1, 0.15) is 17.0 Å². The van der Waals surface area contributed by atoms with Gasteiger partial charge in [0, 0.05) is 31.0 Å². The summed E-state index contributed by atoms with van der Waals surface area (Å²) in [6.07, 6.45) is 0. The van der Waals surface area contributed by atoms with Crippen molar-refractivity contribution in [1.82, 2.24) is 14.9 Å². The number of benzene rings is 1. The highest BCUT2D eigenvalue weighted by Crippen LogP contribution is 2.15. The van der Waals surface area contributed by atoms with Gasteiger partial charge in [-0.1, -0.05) is 30.3 Å². The smallest absolute Gasteiger partial charge is 0.242 e. The lowest BCUT2D eigenvalue weighted by Gasteiger charge is -2.34. The molecule has 1 aliphatic rings. The minimum Gasteiger partial charge on any atom is -0.335 e. The number of hydrogen-bond donors (Lipinski definition) is 0.